The summed E-state index contributed by atoms with van der Waals surface area (Å²) < 4.78 is 21.5. The monoisotopic (exact) mass is 389 g/mol. The van der Waals surface area contributed by atoms with Gasteiger partial charge in [0.2, 0.25) is 0 Å². The van der Waals surface area contributed by atoms with E-state index in [0.717, 1.165) is 31.5 Å². The van der Waals surface area contributed by atoms with Gasteiger partial charge in [-0.2, -0.15) is 0 Å². The Hall–Kier alpha value is -2.49. The number of rotatable bonds is 10. The van der Waals surface area contributed by atoms with Gasteiger partial charge in [0.15, 0.2) is 0 Å². The predicted octanol–water partition coefficient (Wildman–Crippen LogP) is 5.78. The fourth-order valence-electron chi connectivity index (χ4n) is 3.73. The fourth-order valence-corrected chi connectivity index (χ4v) is 3.73. The fraction of sp³-hybridized carbons (Fsp3) is 0.308. The van der Waals surface area contributed by atoms with Crippen LogP contribution in [0.25, 0.3) is 0 Å². The lowest BCUT2D eigenvalue weighted by molar-refractivity contribution is -0.0450. The number of ether oxygens (including phenoxy) is 1. The zero-order valence-corrected chi connectivity index (χ0v) is 16.7. The van der Waals surface area contributed by atoms with Crippen LogP contribution < -0.4 is 0 Å². The molecule has 3 aromatic rings. The molecule has 0 aliphatic heterocycles. The first-order chi connectivity index (χ1) is 14.2. The molecule has 3 aromatic carbocycles. The summed E-state index contributed by atoms with van der Waals surface area (Å²) in [7, 11) is 0. The Labute approximate surface area is 172 Å². The quantitative estimate of drug-likeness (QED) is 0.436. The van der Waals surface area contributed by atoms with Gasteiger partial charge in [0.25, 0.3) is 0 Å². The molecule has 0 saturated heterocycles. The molecule has 0 bridgehead atoms. The third kappa shape index (κ3) is 5.53. The van der Waals surface area contributed by atoms with Gasteiger partial charge in [0, 0.05) is 19.6 Å². The summed E-state index contributed by atoms with van der Waals surface area (Å²) in [5.41, 5.74) is 2.87. The van der Waals surface area contributed by atoms with Crippen LogP contribution >= 0.6 is 0 Å². The third-order valence-corrected chi connectivity index (χ3v) is 5.60. The van der Waals surface area contributed by atoms with Gasteiger partial charge < -0.3 is 4.74 Å². The minimum atomic E-state index is -1.00. The predicted molar refractivity (Wildman–Crippen MR) is 115 cm³/mol. The highest BCUT2D eigenvalue weighted by Crippen LogP contribution is 2.45. The maximum absolute atomic E-state index is 15.4. The van der Waals surface area contributed by atoms with Crippen molar-refractivity contribution in [1.82, 2.24) is 4.90 Å². The molecule has 1 atom stereocenters. The van der Waals surface area contributed by atoms with E-state index in [2.05, 4.69) is 29.2 Å². The molecule has 150 valence electrons. The van der Waals surface area contributed by atoms with Crippen LogP contribution in [0.3, 0.4) is 0 Å². The molecule has 1 aliphatic carbocycles. The van der Waals surface area contributed by atoms with Crippen molar-refractivity contribution in [1.29, 1.82) is 0 Å². The van der Waals surface area contributed by atoms with E-state index in [1.54, 1.807) is 0 Å². The second-order valence-corrected chi connectivity index (χ2v) is 7.95. The van der Waals surface area contributed by atoms with Crippen molar-refractivity contribution < 1.29 is 9.13 Å². The lowest BCUT2D eigenvalue weighted by atomic mass is 10.1. The zero-order chi connectivity index (χ0) is 19.9. The average molecular weight is 390 g/mol. The lowest BCUT2D eigenvalue weighted by Crippen LogP contribution is -2.39. The smallest absolute Gasteiger partial charge is 0.142 e. The Morgan fingerprint density at radius 2 is 1.17 bits per heavy atom. The van der Waals surface area contributed by atoms with Crippen molar-refractivity contribution >= 4 is 0 Å². The van der Waals surface area contributed by atoms with E-state index in [1.165, 1.54) is 11.1 Å². The van der Waals surface area contributed by atoms with Gasteiger partial charge in [-0.1, -0.05) is 91.0 Å². The van der Waals surface area contributed by atoms with Crippen LogP contribution in [0.2, 0.25) is 0 Å². The summed E-state index contributed by atoms with van der Waals surface area (Å²) in [6.45, 7) is 2.30. The molecular formula is C26H28FNO. The first kappa shape index (κ1) is 19.8. The number of alkyl halides is 1. The normalized spacial score (nSPS) is 15.9. The highest BCUT2D eigenvalue weighted by Gasteiger charge is 2.52. The number of benzene rings is 3. The molecule has 3 heteroatoms. The van der Waals surface area contributed by atoms with Gasteiger partial charge in [-0.25, -0.2) is 4.39 Å². The molecule has 0 heterocycles. The van der Waals surface area contributed by atoms with Gasteiger partial charge in [0.1, 0.15) is 11.8 Å². The first-order valence-corrected chi connectivity index (χ1v) is 10.4. The topological polar surface area (TPSA) is 12.5 Å². The minimum absolute atomic E-state index is 0.374. The Morgan fingerprint density at radius 3 is 1.62 bits per heavy atom. The molecule has 1 aliphatic rings. The molecule has 1 unspecified atom stereocenters. The molecule has 0 amide bonds. The molecule has 1 fully saturated rings. The summed E-state index contributed by atoms with van der Waals surface area (Å²) in [5, 5.41) is 0. The summed E-state index contributed by atoms with van der Waals surface area (Å²) in [6, 6.07) is 30.6. The summed E-state index contributed by atoms with van der Waals surface area (Å²) in [5.74, 6) is 0. The van der Waals surface area contributed by atoms with E-state index >= 15 is 4.39 Å². The van der Waals surface area contributed by atoms with E-state index in [-0.39, 0.29) is 0 Å². The zero-order valence-electron chi connectivity index (χ0n) is 16.7. The maximum atomic E-state index is 15.4. The van der Waals surface area contributed by atoms with Crippen molar-refractivity contribution in [3.63, 3.8) is 0 Å². The molecule has 29 heavy (non-hydrogen) atoms. The van der Waals surface area contributed by atoms with Crippen molar-refractivity contribution in [3.05, 3.63) is 108 Å². The molecule has 0 N–H and O–H groups in total. The molecule has 0 radical (unpaired) electrons. The molecule has 0 spiro atoms. The first-order valence-electron chi connectivity index (χ1n) is 10.4. The molecule has 2 nitrogen and oxygen atoms in total. The molecule has 4 rings (SSSR count). The van der Waals surface area contributed by atoms with Gasteiger partial charge in [-0.15, -0.1) is 0 Å². The second kappa shape index (κ2) is 9.34. The van der Waals surface area contributed by atoms with E-state index in [0.29, 0.717) is 13.2 Å². The average Bonchev–Trinajstić information content (AvgIpc) is 3.56. The van der Waals surface area contributed by atoms with Gasteiger partial charge in [0.05, 0.1) is 6.61 Å². The second-order valence-electron chi connectivity index (χ2n) is 7.95. The van der Waals surface area contributed by atoms with Crippen molar-refractivity contribution in [2.45, 2.75) is 44.3 Å². The van der Waals surface area contributed by atoms with E-state index < -0.39 is 11.8 Å². The minimum Gasteiger partial charge on any atom is -0.367 e. The van der Waals surface area contributed by atoms with Crippen LogP contribution in [-0.4, -0.2) is 23.2 Å². The Morgan fingerprint density at radius 1 is 0.724 bits per heavy atom. The van der Waals surface area contributed by atoms with Crippen LogP contribution in [-0.2, 0) is 24.4 Å². The van der Waals surface area contributed by atoms with Crippen molar-refractivity contribution in [2.75, 3.05) is 6.54 Å². The van der Waals surface area contributed by atoms with Gasteiger partial charge in [-0.05, 0) is 29.5 Å². The number of halogens is 1. The Bertz CT molecular complexity index is 823. The van der Waals surface area contributed by atoms with Crippen LogP contribution in [0.4, 0.5) is 4.39 Å². The number of hydrogen-bond donors (Lipinski definition) is 0. The number of nitrogens with zero attached hydrogens (tertiary/aromatic N) is 1. The van der Waals surface area contributed by atoms with Crippen molar-refractivity contribution in [3.8, 4) is 0 Å². The molecule has 0 aromatic heterocycles. The van der Waals surface area contributed by atoms with Crippen LogP contribution in [0.5, 0.6) is 0 Å². The summed E-state index contributed by atoms with van der Waals surface area (Å²) in [6.07, 6.45) is 0.593. The van der Waals surface area contributed by atoms with Gasteiger partial charge >= 0.3 is 0 Å². The molecule has 1 saturated carbocycles. The van der Waals surface area contributed by atoms with E-state index in [4.69, 9.17) is 4.74 Å². The highest BCUT2D eigenvalue weighted by molar-refractivity contribution is 5.18. The highest BCUT2D eigenvalue weighted by atomic mass is 19.1. The third-order valence-electron chi connectivity index (χ3n) is 5.60. The Balaban J connectivity index is 1.41. The van der Waals surface area contributed by atoms with E-state index in [1.807, 2.05) is 66.7 Å². The SMILES string of the molecule is FC(CN(Cc1ccccc1)Cc1ccccc1)C1(OCc2ccccc2)CC1. The van der Waals surface area contributed by atoms with Crippen LogP contribution in [0.1, 0.15) is 29.5 Å². The maximum Gasteiger partial charge on any atom is 0.142 e. The van der Waals surface area contributed by atoms with Crippen molar-refractivity contribution in [2.24, 2.45) is 0 Å². The van der Waals surface area contributed by atoms with Crippen LogP contribution in [0.15, 0.2) is 91.0 Å². The summed E-state index contributed by atoms with van der Waals surface area (Å²) in [4.78, 5) is 2.20. The Kier molecular flexibility index (Phi) is 6.38. The summed E-state index contributed by atoms with van der Waals surface area (Å²) >= 11 is 0. The largest absolute Gasteiger partial charge is 0.367 e. The van der Waals surface area contributed by atoms with Crippen LogP contribution in [0, 0.1) is 0 Å². The van der Waals surface area contributed by atoms with E-state index in [9.17, 15) is 0 Å². The van der Waals surface area contributed by atoms with Gasteiger partial charge in [-0.3, -0.25) is 4.90 Å². The molecular weight excluding hydrogens is 361 g/mol. The number of hydrogen-bond acceptors (Lipinski definition) is 2. The standard InChI is InChI=1S/C26H28FNO/c27-25(26(16-17-26)29-21-24-14-8-3-9-15-24)20-28(18-22-10-4-1-5-11-22)19-23-12-6-2-7-13-23/h1-15,25H,16-21H2. The lowest BCUT2D eigenvalue weighted by Gasteiger charge is -2.28.